The molecule has 2 aliphatic rings. The summed E-state index contributed by atoms with van der Waals surface area (Å²) in [4.78, 5) is 6.92. The molecule has 0 unspecified atom stereocenters. The van der Waals surface area contributed by atoms with Gasteiger partial charge in [0.25, 0.3) is 0 Å². The third-order valence-corrected chi connectivity index (χ3v) is 4.78. The number of benzene rings is 1. The van der Waals surface area contributed by atoms with Gasteiger partial charge in [-0.05, 0) is 45.0 Å². The van der Waals surface area contributed by atoms with Crippen molar-refractivity contribution in [3.05, 3.63) is 29.8 Å². The predicted molar refractivity (Wildman–Crippen MR) is 88.9 cm³/mol. The Balaban J connectivity index is 1.61. The van der Waals surface area contributed by atoms with Gasteiger partial charge in [-0.3, -0.25) is 4.90 Å². The van der Waals surface area contributed by atoms with Gasteiger partial charge in [0.1, 0.15) is 11.4 Å². The largest absolute Gasteiger partial charge is 0.573 e. The lowest BCUT2D eigenvalue weighted by molar-refractivity contribution is -0.274. The molecule has 2 aliphatic heterocycles. The lowest BCUT2D eigenvalue weighted by atomic mass is 9.89. The van der Waals surface area contributed by atoms with Crippen molar-refractivity contribution in [2.45, 2.75) is 51.1 Å². The van der Waals surface area contributed by atoms with Crippen LogP contribution in [0.15, 0.2) is 29.3 Å². The molecule has 2 heterocycles. The highest BCUT2D eigenvalue weighted by Gasteiger charge is 2.43. The van der Waals surface area contributed by atoms with Crippen LogP contribution in [0.25, 0.3) is 0 Å². The Hall–Kier alpha value is -1.76. The molecule has 1 spiro atoms. The molecule has 1 saturated heterocycles. The normalized spacial score (nSPS) is 21.1. The van der Waals surface area contributed by atoms with E-state index in [1.807, 2.05) is 0 Å². The zero-order chi connectivity index (χ0) is 18.3. The van der Waals surface area contributed by atoms with Crippen LogP contribution in [-0.4, -0.2) is 47.9 Å². The van der Waals surface area contributed by atoms with Crippen LogP contribution in [0.5, 0.6) is 5.75 Å². The highest BCUT2D eigenvalue weighted by Crippen LogP contribution is 2.35. The molecular weight excluding hydrogens is 333 g/mol. The molecule has 1 fully saturated rings. The standard InChI is InChI=1S/C18H23F3N2O2/c1-16(2,3)23-10-8-17(9-11-23)12-22-15(25-17)13-4-6-14(7-5-13)24-18(19,20)21/h4-7H,8-12H2,1-3H3. The molecule has 0 aromatic heterocycles. The van der Waals surface area contributed by atoms with E-state index in [1.165, 1.54) is 12.1 Å². The highest BCUT2D eigenvalue weighted by atomic mass is 19.4. The van der Waals surface area contributed by atoms with Crippen molar-refractivity contribution < 1.29 is 22.6 Å². The van der Waals surface area contributed by atoms with E-state index in [2.05, 4.69) is 35.4 Å². The van der Waals surface area contributed by atoms with Gasteiger partial charge in [0, 0.05) is 37.0 Å². The average molecular weight is 356 g/mol. The Morgan fingerprint density at radius 1 is 1.08 bits per heavy atom. The number of likely N-dealkylation sites (tertiary alicyclic amines) is 1. The van der Waals surface area contributed by atoms with E-state index in [-0.39, 0.29) is 16.9 Å². The number of halogens is 3. The van der Waals surface area contributed by atoms with E-state index < -0.39 is 6.36 Å². The number of nitrogens with zero attached hydrogens (tertiary/aromatic N) is 2. The first-order valence-corrected chi connectivity index (χ1v) is 8.41. The van der Waals surface area contributed by atoms with Crippen molar-refractivity contribution in [3.8, 4) is 5.75 Å². The molecule has 0 amide bonds. The van der Waals surface area contributed by atoms with Gasteiger partial charge < -0.3 is 9.47 Å². The minimum absolute atomic E-state index is 0.137. The first kappa shape index (κ1) is 18.0. The summed E-state index contributed by atoms with van der Waals surface area (Å²) in [6.07, 6.45) is -2.90. The Morgan fingerprint density at radius 3 is 2.20 bits per heavy atom. The van der Waals surface area contributed by atoms with Gasteiger partial charge in [-0.15, -0.1) is 13.2 Å². The Labute approximate surface area is 145 Å². The number of alkyl halides is 3. The maximum atomic E-state index is 12.2. The van der Waals surface area contributed by atoms with Crippen molar-refractivity contribution in [2.24, 2.45) is 4.99 Å². The molecule has 0 aliphatic carbocycles. The van der Waals surface area contributed by atoms with Crippen molar-refractivity contribution >= 4 is 5.90 Å². The van der Waals surface area contributed by atoms with E-state index >= 15 is 0 Å². The van der Waals surface area contributed by atoms with Crippen LogP contribution in [-0.2, 0) is 4.74 Å². The summed E-state index contributed by atoms with van der Waals surface area (Å²) in [6, 6.07) is 5.65. The van der Waals surface area contributed by atoms with Crippen molar-refractivity contribution in [3.63, 3.8) is 0 Å². The maximum absolute atomic E-state index is 12.2. The molecule has 0 bridgehead atoms. The molecule has 1 aromatic carbocycles. The van der Waals surface area contributed by atoms with E-state index in [4.69, 9.17) is 4.74 Å². The molecule has 138 valence electrons. The second-order valence-electron chi connectivity index (χ2n) is 7.64. The topological polar surface area (TPSA) is 34.1 Å². The van der Waals surface area contributed by atoms with Crippen molar-refractivity contribution in [1.82, 2.24) is 4.90 Å². The van der Waals surface area contributed by atoms with Crippen LogP contribution in [0.2, 0.25) is 0 Å². The van der Waals surface area contributed by atoms with Crippen LogP contribution >= 0.6 is 0 Å². The molecule has 0 radical (unpaired) electrons. The van der Waals surface area contributed by atoms with Crippen molar-refractivity contribution in [1.29, 1.82) is 0 Å². The summed E-state index contributed by atoms with van der Waals surface area (Å²) in [5, 5.41) is 0. The average Bonchev–Trinajstić information content (AvgIpc) is 2.90. The monoisotopic (exact) mass is 356 g/mol. The number of rotatable bonds is 2. The fourth-order valence-corrected chi connectivity index (χ4v) is 3.28. The van der Waals surface area contributed by atoms with E-state index in [0.717, 1.165) is 25.9 Å². The summed E-state index contributed by atoms with van der Waals surface area (Å²) in [5.74, 6) is 0.255. The van der Waals surface area contributed by atoms with Gasteiger partial charge in [-0.1, -0.05) is 0 Å². The molecule has 1 aromatic rings. The summed E-state index contributed by atoms with van der Waals surface area (Å²) < 4.78 is 46.7. The Morgan fingerprint density at radius 2 is 1.68 bits per heavy atom. The summed E-state index contributed by atoms with van der Waals surface area (Å²) in [5.41, 5.74) is 0.529. The minimum Gasteiger partial charge on any atom is -0.469 e. The third-order valence-electron chi connectivity index (χ3n) is 4.78. The molecular formula is C18H23F3N2O2. The van der Waals surface area contributed by atoms with Crippen molar-refractivity contribution in [2.75, 3.05) is 19.6 Å². The number of hydrogen-bond acceptors (Lipinski definition) is 4. The SMILES string of the molecule is CC(C)(C)N1CCC2(CC1)CN=C(c1ccc(OC(F)(F)F)cc1)O2. The number of ether oxygens (including phenoxy) is 2. The van der Waals surface area contributed by atoms with E-state index in [0.29, 0.717) is 18.0 Å². The van der Waals surface area contributed by atoms with Crippen LogP contribution in [0.1, 0.15) is 39.2 Å². The third kappa shape index (κ3) is 4.26. The highest BCUT2D eigenvalue weighted by molar-refractivity contribution is 5.95. The molecule has 0 atom stereocenters. The van der Waals surface area contributed by atoms with Crippen LogP contribution in [0.4, 0.5) is 13.2 Å². The van der Waals surface area contributed by atoms with Crippen LogP contribution in [0.3, 0.4) is 0 Å². The zero-order valence-corrected chi connectivity index (χ0v) is 14.7. The first-order valence-electron chi connectivity index (χ1n) is 8.41. The smallest absolute Gasteiger partial charge is 0.469 e. The van der Waals surface area contributed by atoms with Gasteiger partial charge in [-0.25, -0.2) is 4.99 Å². The summed E-state index contributed by atoms with van der Waals surface area (Å²) in [6.45, 7) is 9.10. The summed E-state index contributed by atoms with van der Waals surface area (Å²) in [7, 11) is 0. The van der Waals surface area contributed by atoms with Crippen LogP contribution < -0.4 is 4.74 Å². The molecule has 0 saturated carbocycles. The van der Waals surface area contributed by atoms with E-state index in [1.54, 1.807) is 12.1 Å². The second kappa shape index (κ2) is 6.20. The summed E-state index contributed by atoms with van der Waals surface area (Å²) >= 11 is 0. The van der Waals surface area contributed by atoms with Gasteiger partial charge in [0.15, 0.2) is 0 Å². The lowest BCUT2D eigenvalue weighted by Crippen LogP contribution is -2.52. The van der Waals surface area contributed by atoms with Gasteiger partial charge in [0.05, 0.1) is 6.54 Å². The first-order chi connectivity index (χ1) is 11.6. The Bertz CT molecular complexity index is 640. The predicted octanol–water partition coefficient (Wildman–Crippen LogP) is 4.00. The Kier molecular flexibility index (Phi) is 4.47. The van der Waals surface area contributed by atoms with Crippen LogP contribution in [0, 0.1) is 0 Å². The van der Waals surface area contributed by atoms with Gasteiger partial charge in [0.2, 0.25) is 5.90 Å². The maximum Gasteiger partial charge on any atom is 0.573 e. The molecule has 25 heavy (non-hydrogen) atoms. The fourth-order valence-electron chi connectivity index (χ4n) is 3.28. The second-order valence-corrected chi connectivity index (χ2v) is 7.64. The number of piperidine rings is 1. The minimum atomic E-state index is -4.69. The van der Waals surface area contributed by atoms with E-state index in [9.17, 15) is 13.2 Å². The van der Waals surface area contributed by atoms with Gasteiger partial charge in [-0.2, -0.15) is 0 Å². The quantitative estimate of drug-likeness (QED) is 0.803. The molecule has 7 heteroatoms. The molecule has 3 rings (SSSR count). The number of hydrogen-bond donors (Lipinski definition) is 0. The van der Waals surface area contributed by atoms with Gasteiger partial charge >= 0.3 is 6.36 Å². The fraction of sp³-hybridized carbons (Fsp3) is 0.611. The zero-order valence-electron chi connectivity index (χ0n) is 14.7. The molecule has 0 N–H and O–H groups in total. The number of aliphatic imine (C=N–C) groups is 1. The lowest BCUT2D eigenvalue weighted by Gasteiger charge is -2.44. The molecule has 4 nitrogen and oxygen atoms in total.